The SMILES string of the molecule is C=C[C@@]1(O)CC[C@H]2[C@H](CC[C@@H]3[C@@H]2CC[C@]2(C)[C@@H](C(=O)CBr)CC[C@@H]32)C1. The maximum Gasteiger partial charge on any atom is 0.147 e. The number of alkyl halides is 1. The van der Waals surface area contributed by atoms with Gasteiger partial charge in [0.2, 0.25) is 0 Å². The normalized spacial score (nSPS) is 52.0. The first-order valence-electron chi connectivity index (χ1n) is 10.4. The van der Waals surface area contributed by atoms with Gasteiger partial charge in [0.05, 0.1) is 10.9 Å². The van der Waals surface area contributed by atoms with E-state index in [2.05, 4.69) is 29.4 Å². The zero-order valence-corrected chi connectivity index (χ0v) is 17.1. The molecule has 4 aliphatic rings. The highest BCUT2D eigenvalue weighted by Crippen LogP contribution is 2.64. The van der Waals surface area contributed by atoms with Crippen molar-refractivity contribution in [2.75, 3.05) is 5.33 Å². The second-order valence-electron chi connectivity index (χ2n) is 9.76. The van der Waals surface area contributed by atoms with Gasteiger partial charge in [-0.05, 0) is 92.8 Å². The van der Waals surface area contributed by atoms with Crippen molar-refractivity contribution in [1.29, 1.82) is 0 Å². The summed E-state index contributed by atoms with van der Waals surface area (Å²) in [5.41, 5.74) is -0.368. The van der Waals surface area contributed by atoms with Crippen LogP contribution in [0.3, 0.4) is 0 Å². The molecule has 0 amide bonds. The summed E-state index contributed by atoms with van der Waals surface area (Å²) in [6.45, 7) is 6.30. The maximum absolute atomic E-state index is 12.5. The topological polar surface area (TPSA) is 37.3 Å². The van der Waals surface area contributed by atoms with Gasteiger partial charge in [0.15, 0.2) is 0 Å². The second-order valence-corrected chi connectivity index (χ2v) is 10.3. The largest absolute Gasteiger partial charge is 0.386 e. The molecule has 0 saturated heterocycles. The van der Waals surface area contributed by atoms with Gasteiger partial charge < -0.3 is 5.11 Å². The fraction of sp³-hybridized carbons (Fsp3) is 0.864. The quantitative estimate of drug-likeness (QED) is 0.518. The van der Waals surface area contributed by atoms with E-state index in [0.717, 1.165) is 42.9 Å². The van der Waals surface area contributed by atoms with Crippen molar-refractivity contribution in [3.63, 3.8) is 0 Å². The molecule has 0 radical (unpaired) electrons. The molecule has 0 aliphatic heterocycles. The lowest BCUT2D eigenvalue weighted by Gasteiger charge is -2.56. The van der Waals surface area contributed by atoms with Crippen molar-refractivity contribution in [2.45, 2.75) is 70.3 Å². The van der Waals surface area contributed by atoms with E-state index in [4.69, 9.17) is 0 Å². The van der Waals surface area contributed by atoms with Crippen molar-refractivity contribution in [2.24, 2.45) is 40.9 Å². The lowest BCUT2D eigenvalue weighted by Crippen LogP contribution is -2.51. The molecule has 140 valence electrons. The molecule has 3 heteroatoms. The molecule has 4 saturated carbocycles. The van der Waals surface area contributed by atoms with Crippen LogP contribution < -0.4 is 0 Å². The van der Waals surface area contributed by atoms with Crippen LogP contribution in [0.2, 0.25) is 0 Å². The predicted molar refractivity (Wildman–Crippen MR) is 105 cm³/mol. The number of carbonyl (C=O) groups excluding carboxylic acids is 1. The van der Waals surface area contributed by atoms with Crippen molar-refractivity contribution < 1.29 is 9.90 Å². The third-order valence-electron chi connectivity index (χ3n) is 8.95. The summed E-state index contributed by atoms with van der Waals surface area (Å²) in [6.07, 6.45) is 12.3. The summed E-state index contributed by atoms with van der Waals surface area (Å²) >= 11 is 3.42. The second kappa shape index (κ2) is 6.48. The molecule has 0 unspecified atom stereocenters. The van der Waals surface area contributed by atoms with Crippen molar-refractivity contribution in [3.05, 3.63) is 12.7 Å². The van der Waals surface area contributed by atoms with Crippen molar-refractivity contribution in [3.8, 4) is 0 Å². The molecule has 1 N–H and O–H groups in total. The summed E-state index contributed by atoms with van der Waals surface area (Å²) in [5.74, 6) is 4.62. The van der Waals surface area contributed by atoms with E-state index in [1.54, 1.807) is 6.08 Å². The average molecular weight is 409 g/mol. The lowest BCUT2D eigenvalue weighted by molar-refractivity contribution is -0.129. The number of rotatable bonds is 3. The number of hydrogen-bond donors (Lipinski definition) is 1. The maximum atomic E-state index is 12.5. The Morgan fingerprint density at radius 3 is 2.60 bits per heavy atom. The Kier molecular flexibility index (Phi) is 4.72. The molecule has 0 aromatic carbocycles. The standard InChI is InChI=1S/C22H33BrO2/c1-3-22(25)11-9-15-14(12-22)4-5-17-16(15)8-10-21(2)18(17)6-7-19(21)20(24)13-23/h3,14-19,25H,1,4-13H2,2H3/t14-,15+,16-,17-,18+,19-,21+,22-/m1/s1. The van der Waals surface area contributed by atoms with Gasteiger partial charge in [-0.1, -0.05) is 28.9 Å². The number of ketones is 1. The summed E-state index contributed by atoms with van der Waals surface area (Å²) in [7, 11) is 0. The molecule has 0 heterocycles. The van der Waals surface area contributed by atoms with Crippen LogP contribution in [-0.4, -0.2) is 21.8 Å². The highest BCUT2D eigenvalue weighted by Gasteiger charge is 2.58. The third-order valence-corrected chi connectivity index (χ3v) is 9.50. The highest BCUT2D eigenvalue weighted by molar-refractivity contribution is 9.09. The summed E-state index contributed by atoms with van der Waals surface area (Å²) in [4.78, 5) is 12.5. The van der Waals surface area contributed by atoms with Crippen LogP contribution >= 0.6 is 15.9 Å². The van der Waals surface area contributed by atoms with Gasteiger partial charge >= 0.3 is 0 Å². The number of hydrogen-bond acceptors (Lipinski definition) is 2. The molecule has 0 bridgehead atoms. The Morgan fingerprint density at radius 1 is 1.12 bits per heavy atom. The van der Waals surface area contributed by atoms with Crippen LogP contribution in [0.15, 0.2) is 12.7 Å². The molecule has 8 atom stereocenters. The number of aliphatic hydroxyl groups is 1. The predicted octanol–water partition coefficient (Wildman–Crippen LogP) is 5.14. The van der Waals surface area contributed by atoms with Gasteiger partial charge in [0.1, 0.15) is 5.78 Å². The van der Waals surface area contributed by atoms with Crippen LogP contribution in [-0.2, 0) is 4.79 Å². The van der Waals surface area contributed by atoms with Crippen LogP contribution in [0, 0.1) is 40.9 Å². The van der Waals surface area contributed by atoms with Gasteiger partial charge in [0, 0.05) is 5.92 Å². The van der Waals surface area contributed by atoms with Gasteiger partial charge in [-0.25, -0.2) is 0 Å². The highest BCUT2D eigenvalue weighted by atomic mass is 79.9. The third kappa shape index (κ3) is 2.79. The van der Waals surface area contributed by atoms with E-state index < -0.39 is 5.60 Å². The number of halogens is 1. The first-order valence-corrected chi connectivity index (χ1v) is 11.5. The molecule has 4 fully saturated rings. The summed E-state index contributed by atoms with van der Waals surface area (Å²) in [6, 6.07) is 0. The van der Waals surface area contributed by atoms with E-state index in [1.807, 2.05) is 0 Å². The fourth-order valence-electron chi connectivity index (χ4n) is 7.72. The smallest absolute Gasteiger partial charge is 0.147 e. The van der Waals surface area contributed by atoms with E-state index >= 15 is 0 Å². The molecule has 2 nitrogen and oxygen atoms in total. The van der Waals surface area contributed by atoms with Crippen LogP contribution in [0.5, 0.6) is 0 Å². The zero-order chi connectivity index (χ0) is 17.8. The first-order chi connectivity index (χ1) is 11.9. The minimum absolute atomic E-state index is 0.245. The number of fused-ring (bicyclic) bond motifs is 5. The van der Waals surface area contributed by atoms with Gasteiger partial charge in [-0.2, -0.15) is 0 Å². The molecular formula is C22H33BrO2. The average Bonchev–Trinajstić information content (AvgIpc) is 2.98. The van der Waals surface area contributed by atoms with Crippen molar-refractivity contribution in [1.82, 2.24) is 0 Å². The molecule has 0 spiro atoms. The Morgan fingerprint density at radius 2 is 1.88 bits per heavy atom. The zero-order valence-electron chi connectivity index (χ0n) is 15.6. The number of carbonyl (C=O) groups is 1. The van der Waals surface area contributed by atoms with Crippen LogP contribution in [0.4, 0.5) is 0 Å². The van der Waals surface area contributed by atoms with E-state index in [0.29, 0.717) is 17.0 Å². The minimum Gasteiger partial charge on any atom is -0.386 e. The molecule has 4 aliphatic carbocycles. The van der Waals surface area contributed by atoms with Crippen LogP contribution in [0.25, 0.3) is 0 Å². The molecule has 4 rings (SSSR count). The lowest BCUT2D eigenvalue weighted by atomic mass is 9.49. The monoisotopic (exact) mass is 408 g/mol. The van der Waals surface area contributed by atoms with E-state index in [9.17, 15) is 9.90 Å². The molecular weight excluding hydrogens is 376 g/mol. The van der Waals surface area contributed by atoms with Gasteiger partial charge in [0.25, 0.3) is 0 Å². The minimum atomic E-state index is -0.613. The summed E-state index contributed by atoms with van der Waals surface area (Å²) < 4.78 is 0. The van der Waals surface area contributed by atoms with E-state index in [1.165, 1.54) is 38.5 Å². The van der Waals surface area contributed by atoms with Crippen molar-refractivity contribution >= 4 is 21.7 Å². The first kappa shape index (κ1) is 18.2. The number of Topliss-reactive ketones (excluding diaryl/α,β-unsaturated/α-hetero) is 1. The summed E-state index contributed by atoms with van der Waals surface area (Å²) in [5, 5.41) is 11.2. The Labute approximate surface area is 161 Å². The Bertz CT molecular complexity index is 560. The molecule has 25 heavy (non-hydrogen) atoms. The Hall–Kier alpha value is -0.150. The van der Waals surface area contributed by atoms with E-state index in [-0.39, 0.29) is 11.3 Å². The fourth-order valence-corrected chi connectivity index (χ4v) is 8.11. The molecule has 0 aromatic rings. The van der Waals surface area contributed by atoms with Gasteiger partial charge in [-0.15, -0.1) is 6.58 Å². The molecule has 0 aromatic heterocycles. The van der Waals surface area contributed by atoms with Gasteiger partial charge in [-0.3, -0.25) is 4.79 Å². The Balaban J connectivity index is 1.53. The van der Waals surface area contributed by atoms with Crippen LogP contribution in [0.1, 0.15) is 64.7 Å².